The largest absolute Gasteiger partial charge is 0.481 e. The summed E-state index contributed by atoms with van der Waals surface area (Å²) >= 11 is 0. The lowest BCUT2D eigenvalue weighted by molar-refractivity contribution is -0.138. The van der Waals surface area contributed by atoms with E-state index in [1.165, 1.54) is 14.0 Å². The molecule has 0 saturated carbocycles. The number of rotatable bonds is 1. The lowest BCUT2D eigenvalue weighted by Gasteiger charge is -2.11. The Morgan fingerprint density at radius 2 is 2.00 bits per heavy atom. The molecule has 0 aliphatic heterocycles. The first-order valence-corrected chi connectivity index (χ1v) is 3.53. The minimum atomic E-state index is -4.35. The Labute approximate surface area is 73.4 Å². The standard InChI is InChI=1S/C8H8F3NO/c1-5-6(8(9,10)11)3-4-12-7(5)13-2/h3-4H,1-2H3. The third kappa shape index (κ3) is 1.91. The molecule has 0 atom stereocenters. The SMILES string of the molecule is COc1nccc(C(F)(F)F)c1C. The number of nitrogens with zero attached hydrogens (tertiary/aromatic N) is 1. The molecule has 0 aromatic carbocycles. The van der Waals surface area contributed by atoms with Gasteiger partial charge in [-0.1, -0.05) is 0 Å². The molecule has 1 aromatic rings. The molecule has 0 aliphatic carbocycles. The van der Waals surface area contributed by atoms with E-state index in [1.807, 2.05) is 0 Å². The van der Waals surface area contributed by atoms with E-state index in [4.69, 9.17) is 0 Å². The van der Waals surface area contributed by atoms with Gasteiger partial charge in [0.2, 0.25) is 5.88 Å². The highest BCUT2D eigenvalue weighted by atomic mass is 19.4. The summed E-state index contributed by atoms with van der Waals surface area (Å²) in [6.07, 6.45) is -3.27. The van der Waals surface area contributed by atoms with Crippen molar-refractivity contribution >= 4 is 0 Å². The van der Waals surface area contributed by atoms with Gasteiger partial charge in [0.25, 0.3) is 0 Å². The highest BCUT2D eigenvalue weighted by Crippen LogP contribution is 2.33. The second-order valence-corrected chi connectivity index (χ2v) is 2.49. The zero-order chi connectivity index (χ0) is 10.1. The van der Waals surface area contributed by atoms with Crippen molar-refractivity contribution in [2.24, 2.45) is 0 Å². The quantitative estimate of drug-likeness (QED) is 0.680. The van der Waals surface area contributed by atoms with Gasteiger partial charge in [-0.15, -0.1) is 0 Å². The summed E-state index contributed by atoms with van der Waals surface area (Å²) in [5.74, 6) is 0.00910. The molecular formula is C8H8F3NO. The van der Waals surface area contributed by atoms with Crippen LogP contribution in [0.5, 0.6) is 5.88 Å². The number of halogens is 3. The second-order valence-electron chi connectivity index (χ2n) is 2.49. The third-order valence-corrected chi connectivity index (χ3v) is 1.66. The number of alkyl halides is 3. The van der Waals surface area contributed by atoms with Crippen molar-refractivity contribution in [3.8, 4) is 5.88 Å². The minimum Gasteiger partial charge on any atom is -0.481 e. The van der Waals surface area contributed by atoms with Crippen molar-refractivity contribution < 1.29 is 17.9 Å². The lowest BCUT2D eigenvalue weighted by Crippen LogP contribution is -2.08. The molecule has 0 amide bonds. The summed E-state index contributed by atoms with van der Waals surface area (Å²) in [4.78, 5) is 3.65. The van der Waals surface area contributed by atoms with Crippen molar-refractivity contribution in [3.63, 3.8) is 0 Å². The Hall–Kier alpha value is -1.26. The predicted octanol–water partition coefficient (Wildman–Crippen LogP) is 2.42. The topological polar surface area (TPSA) is 22.1 Å². The molecule has 1 aromatic heterocycles. The molecular weight excluding hydrogens is 183 g/mol. The van der Waals surface area contributed by atoms with Gasteiger partial charge in [-0.3, -0.25) is 0 Å². The van der Waals surface area contributed by atoms with Crippen LogP contribution in [0.1, 0.15) is 11.1 Å². The number of ether oxygens (including phenoxy) is 1. The minimum absolute atomic E-state index is 0.00910. The zero-order valence-electron chi connectivity index (χ0n) is 7.14. The van der Waals surface area contributed by atoms with E-state index in [9.17, 15) is 13.2 Å². The Bertz CT molecular complexity index is 309. The molecule has 0 bridgehead atoms. The fourth-order valence-corrected chi connectivity index (χ4v) is 1.03. The molecule has 1 rings (SSSR count). The molecule has 0 N–H and O–H groups in total. The summed E-state index contributed by atoms with van der Waals surface area (Å²) in [5, 5.41) is 0. The van der Waals surface area contributed by atoms with Crippen LogP contribution in [0.4, 0.5) is 13.2 Å². The fraction of sp³-hybridized carbons (Fsp3) is 0.375. The van der Waals surface area contributed by atoms with Crippen LogP contribution in [0.15, 0.2) is 12.3 Å². The number of aromatic nitrogens is 1. The van der Waals surface area contributed by atoms with E-state index in [2.05, 4.69) is 9.72 Å². The Morgan fingerprint density at radius 3 is 2.46 bits per heavy atom. The van der Waals surface area contributed by atoms with Gasteiger partial charge in [0, 0.05) is 11.8 Å². The van der Waals surface area contributed by atoms with Gasteiger partial charge in [0.05, 0.1) is 12.7 Å². The monoisotopic (exact) mass is 191 g/mol. The zero-order valence-corrected chi connectivity index (χ0v) is 7.14. The molecule has 5 heteroatoms. The van der Waals surface area contributed by atoms with Gasteiger partial charge in [0.15, 0.2) is 0 Å². The molecule has 1 heterocycles. The van der Waals surface area contributed by atoms with Gasteiger partial charge in [-0.05, 0) is 13.0 Å². The van der Waals surface area contributed by atoms with Crippen LogP contribution in [-0.2, 0) is 6.18 Å². The summed E-state index contributed by atoms with van der Waals surface area (Å²) < 4.78 is 41.5. The van der Waals surface area contributed by atoms with Gasteiger partial charge in [-0.2, -0.15) is 13.2 Å². The number of hydrogen-bond donors (Lipinski definition) is 0. The van der Waals surface area contributed by atoms with E-state index in [0.29, 0.717) is 0 Å². The van der Waals surface area contributed by atoms with Crippen LogP contribution in [0.3, 0.4) is 0 Å². The smallest absolute Gasteiger partial charge is 0.416 e. The average Bonchev–Trinajstić information content (AvgIpc) is 2.02. The van der Waals surface area contributed by atoms with Crippen LogP contribution >= 0.6 is 0 Å². The molecule has 2 nitrogen and oxygen atoms in total. The molecule has 0 fully saturated rings. The van der Waals surface area contributed by atoms with E-state index in [-0.39, 0.29) is 11.4 Å². The van der Waals surface area contributed by atoms with Crippen molar-refractivity contribution in [3.05, 3.63) is 23.4 Å². The normalized spacial score (nSPS) is 11.5. The van der Waals surface area contributed by atoms with Crippen LogP contribution in [0.25, 0.3) is 0 Å². The molecule has 72 valence electrons. The molecule has 0 radical (unpaired) electrons. The van der Waals surface area contributed by atoms with Gasteiger partial charge in [0.1, 0.15) is 0 Å². The first kappa shape index (κ1) is 9.83. The van der Waals surface area contributed by atoms with Crippen molar-refractivity contribution in [2.45, 2.75) is 13.1 Å². The summed E-state index contributed by atoms with van der Waals surface area (Å²) in [6, 6.07) is 0.928. The highest BCUT2D eigenvalue weighted by molar-refractivity contribution is 5.34. The summed E-state index contributed by atoms with van der Waals surface area (Å²) in [7, 11) is 1.29. The molecule has 13 heavy (non-hydrogen) atoms. The first-order valence-electron chi connectivity index (χ1n) is 3.53. The van der Waals surface area contributed by atoms with E-state index < -0.39 is 11.7 Å². The van der Waals surface area contributed by atoms with Crippen LogP contribution in [0.2, 0.25) is 0 Å². The van der Waals surface area contributed by atoms with Gasteiger partial charge >= 0.3 is 6.18 Å². The van der Waals surface area contributed by atoms with Crippen molar-refractivity contribution in [1.82, 2.24) is 4.98 Å². The lowest BCUT2D eigenvalue weighted by atomic mass is 10.1. The Kier molecular flexibility index (Phi) is 2.45. The molecule has 0 unspecified atom stereocenters. The molecule has 0 saturated heterocycles. The molecule has 0 spiro atoms. The number of hydrogen-bond acceptors (Lipinski definition) is 2. The van der Waals surface area contributed by atoms with E-state index >= 15 is 0 Å². The van der Waals surface area contributed by atoms with Crippen LogP contribution in [0, 0.1) is 6.92 Å². The fourth-order valence-electron chi connectivity index (χ4n) is 1.03. The Morgan fingerprint density at radius 1 is 1.38 bits per heavy atom. The van der Waals surface area contributed by atoms with Crippen LogP contribution in [-0.4, -0.2) is 12.1 Å². The average molecular weight is 191 g/mol. The van der Waals surface area contributed by atoms with E-state index in [1.54, 1.807) is 0 Å². The summed E-state index contributed by atoms with van der Waals surface area (Å²) in [5.41, 5.74) is -0.697. The first-order chi connectivity index (χ1) is 5.96. The second kappa shape index (κ2) is 3.24. The predicted molar refractivity (Wildman–Crippen MR) is 40.5 cm³/mol. The van der Waals surface area contributed by atoms with Crippen molar-refractivity contribution in [1.29, 1.82) is 0 Å². The highest BCUT2D eigenvalue weighted by Gasteiger charge is 2.33. The summed E-state index contributed by atoms with van der Waals surface area (Å²) in [6.45, 7) is 1.33. The maximum Gasteiger partial charge on any atom is 0.416 e. The number of methoxy groups -OCH3 is 1. The Balaban J connectivity index is 3.24. The van der Waals surface area contributed by atoms with E-state index in [0.717, 1.165) is 12.3 Å². The van der Waals surface area contributed by atoms with Crippen molar-refractivity contribution in [2.75, 3.05) is 7.11 Å². The maximum atomic E-state index is 12.3. The maximum absolute atomic E-state index is 12.3. The van der Waals surface area contributed by atoms with Gasteiger partial charge in [-0.25, -0.2) is 4.98 Å². The molecule has 0 aliphatic rings. The third-order valence-electron chi connectivity index (χ3n) is 1.66. The van der Waals surface area contributed by atoms with Crippen LogP contribution < -0.4 is 4.74 Å². The number of pyridine rings is 1. The van der Waals surface area contributed by atoms with Gasteiger partial charge < -0.3 is 4.74 Å².